The number of imidazole rings is 1. The number of fused-ring (bicyclic) bond motifs is 3. The molecule has 6 N–H and O–H groups in total. The quantitative estimate of drug-likeness (QED) is 0.213. The van der Waals surface area contributed by atoms with Crippen molar-refractivity contribution in [3.63, 3.8) is 0 Å². The summed E-state index contributed by atoms with van der Waals surface area (Å²) in [7, 11) is 0. The number of carbonyl (C=O) groups is 1. The van der Waals surface area contributed by atoms with E-state index in [0.29, 0.717) is 62.8 Å². The van der Waals surface area contributed by atoms with Crippen LogP contribution in [0.25, 0.3) is 22.4 Å². The highest BCUT2D eigenvalue weighted by atomic mass is 19.1. The van der Waals surface area contributed by atoms with Crippen molar-refractivity contribution >= 4 is 28.4 Å². The molecule has 7 rings (SSSR count). The first kappa shape index (κ1) is 26.6. The molecule has 0 bridgehead atoms. The number of nitrogens with one attached hydrogen (secondary N) is 4. The van der Waals surface area contributed by atoms with Crippen LogP contribution >= 0.6 is 0 Å². The van der Waals surface area contributed by atoms with Gasteiger partial charge in [0.05, 0.1) is 46.3 Å². The van der Waals surface area contributed by atoms with Gasteiger partial charge in [-0.05, 0) is 29.8 Å². The molecule has 216 valence electrons. The zero-order valence-electron chi connectivity index (χ0n) is 23.6. The van der Waals surface area contributed by atoms with Gasteiger partial charge in [0.25, 0.3) is 0 Å². The number of amides is 1. The molecule has 0 saturated carbocycles. The molecular weight excluding hydrogens is 550 g/mol. The molecule has 4 aromatic rings. The summed E-state index contributed by atoms with van der Waals surface area (Å²) in [6, 6.07) is 7.94. The molecule has 1 fully saturated rings. The van der Waals surface area contributed by atoms with Crippen molar-refractivity contribution in [3.8, 4) is 11.3 Å². The summed E-state index contributed by atoms with van der Waals surface area (Å²) in [4.78, 5) is 29.5. The summed E-state index contributed by atoms with van der Waals surface area (Å²) in [5.74, 6) is -0.660. The number of hydrogen-bond donors (Lipinski definition) is 5. The third kappa shape index (κ3) is 4.72. The number of rotatable bonds is 4. The second-order valence-electron chi connectivity index (χ2n) is 11.8. The van der Waals surface area contributed by atoms with Crippen LogP contribution in [-0.4, -0.2) is 32.0 Å². The molecular formula is C32H28F2N8O. The van der Waals surface area contributed by atoms with Gasteiger partial charge in [0.1, 0.15) is 23.5 Å². The average molecular weight is 579 g/mol. The van der Waals surface area contributed by atoms with Gasteiger partial charge >= 0.3 is 0 Å². The number of aromatic nitrogens is 4. The highest BCUT2D eigenvalue weighted by Gasteiger charge is 2.42. The van der Waals surface area contributed by atoms with E-state index in [4.69, 9.17) is 10.7 Å². The number of hydrogen-bond acceptors (Lipinski definition) is 7. The number of benzene rings is 1. The SMILES string of the molecule is CC(C)(C)C(=O)Nc1cncc(-c2ncc3c(c2F)C(c2nc4c([nH]2)CC(N)=CC=C4c2cccc(F)c2)=C2NC2N3)c1. The van der Waals surface area contributed by atoms with E-state index in [0.717, 1.165) is 11.4 Å². The van der Waals surface area contributed by atoms with Gasteiger partial charge in [0.15, 0.2) is 5.82 Å². The lowest BCUT2D eigenvalue weighted by molar-refractivity contribution is -0.123. The van der Waals surface area contributed by atoms with E-state index < -0.39 is 11.2 Å². The fraction of sp³-hybridized carbons (Fsp3) is 0.188. The van der Waals surface area contributed by atoms with Crippen molar-refractivity contribution in [1.82, 2.24) is 25.3 Å². The van der Waals surface area contributed by atoms with E-state index in [1.165, 1.54) is 24.5 Å². The van der Waals surface area contributed by atoms with E-state index in [1.54, 1.807) is 45.2 Å². The van der Waals surface area contributed by atoms with Gasteiger partial charge < -0.3 is 26.7 Å². The smallest absolute Gasteiger partial charge is 0.229 e. The largest absolute Gasteiger partial charge is 0.402 e. The molecule has 11 heteroatoms. The first-order valence-corrected chi connectivity index (χ1v) is 13.8. The second kappa shape index (κ2) is 9.62. The molecule has 1 aliphatic carbocycles. The summed E-state index contributed by atoms with van der Waals surface area (Å²) in [6.07, 6.45) is 8.43. The van der Waals surface area contributed by atoms with E-state index in [9.17, 15) is 9.18 Å². The normalized spacial score (nSPS) is 16.9. The van der Waals surface area contributed by atoms with Crippen molar-refractivity contribution < 1.29 is 13.6 Å². The predicted octanol–water partition coefficient (Wildman–Crippen LogP) is 5.07. The number of halogens is 2. The molecule has 43 heavy (non-hydrogen) atoms. The van der Waals surface area contributed by atoms with Crippen LogP contribution < -0.4 is 21.7 Å². The number of anilines is 2. The standard InChI is InChI=1S/C32H28F2N8O/c1-32(2,3)31(43)38-19-10-16(12-36-13-19)26-25(34)23-22(14-37-26)40-30-28(42-30)24(23)29-39-21-11-18(35)7-8-20(27(21)41-29)15-5-4-6-17(33)9-15/h4-10,12-14,30,40,42H,11,35H2,1-3H3,(H,38,43)(H,39,41). The Bertz CT molecular complexity index is 1930. The minimum Gasteiger partial charge on any atom is -0.402 e. The second-order valence-corrected chi connectivity index (χ2v) is 11.8. The van der Waals surface area contributed by atoms with Crippen molar-refractivity contribution in [1.29, 1.82) is 0 Å². The zero-order valence-corrected chi connectivity index (χ0v) is 23.6. The lowest BCUT2D eigenvalue weighted by atomic mass is 9.95. The van der Waals surface area contributed by atoms with Crippen LogP contribution in [0.4, 0.5) is 20.2 Å². The monoisotopic (exact) mass is 578 g/mol. The predicted molar refractivity (Wildman–Crippen MR) is 160 cm³/mol. The number of H-pyrrole nitrogens is 1. The zero-order chi connectivity index (χ0) is 30.0. The molecule has 1 amide bonds. The van der Waals surface area contributed by atoms with Crippen LogP contribution in [0.2, 0.25) is 0 Å². The molecule has 1 atom stereocenters. The molecule has 1 aromatic carbocycles. The highest BCUT2D eigenvalue weighted by molar-refractivity contribution is 5.96. The number of allylic oxidation sites excluding steroid dienone is 3. The Morgan fingerprint density at radius 2 is 1.88 bits per heavy atom. The minimum absolute atomic E-state index is 0.0813. The molecule has 1 saturated heterocycles. The van der Waals surface area contributed by atoms with E-state index in [-0.39, 0.29) is 23.6 Å². The lowest BCUT2D eigenvalue weighted by Crippen LogP contribution is -2.27. The van der Waals surface area contributed by atoms with E-state index in [2.05, 4.69) is 30.9 Å². The first-order chi connectivity index (χ1) is 20.6. The summed E-state index contributed by atoms with van der Waals surface area (Å²) >= 11 is 0. The van der Waals surface area contributed by atoms with Crippen LogP contribution in [0.3, 0.4) is 0 Å². The maximum atomic E-state index is 16.5. The van der Waals surface area contributed by atoms with Crippen LogP contribution in [0.15, 0.2) is 72.5 Å². The maximum Gasteiger partial charge on any atom is 0.229 e. The van der Waals surface area contributed by atoms with Gasteiger partial charge in [-0.1, -0.05) is 39.0 Å². The van der Waals surface area contributed by atoms with Gasteiger partial charge in [-0.2, -0.15) is 0 Å². The average Bonchev–Trinajstić information content (AvgIpc) is 3.66. The Kier molecular flexibility index (Phi) is 5.94. The van der Waals surface area contributed by atoms with Crippen molar-refractivity contribution in [2.45, 2.75) is 33.4 Å². The molecule has 3 aromatic heterocycles. The lowest BCUT2D eigenvalue weighted by Gasteiger charge is -2.19. The van der Waals surface area contributed by atoms with Crippen molar-refractivity contribution in [3.05, 3.63) is 112 Å². The Hall–Kier alpha value is -5.32. The Balaban J connectivity index is 1.32. The van der Waals surface area contributed by atoms with Gasteiger partial charge in [0.2, 0.25) is 5.91 Å². The van der Waals surface area contributed by atoms with Gasteiger partial charge in [-0.15, -0.1) is 0 Å². The Morgan fingerprint density at radius 3 is 2.67 bits per heavy atom. The van der Waals surface area contributed by atoms with Crippen LogP contribution in [-0.2, 0) is 11.2 Å². The number of nitrogens with two attached hydrogens (primary N) is 1. The number of carbonyl (C=O) groups excluding carboxylic acids is 1. The fourth-order valence-corrected chi connectivity index (χ4v) is 5.27. The Labute approximate surface area is 246 Å². The fourth-order valence-electron chi connectivity index (χ4n) is 5.27. The van der Waals surface area contributed by atoms with Crippen LogP contribution in [0.1, 0.15) is 49.1 Å². The summed E-state index contributed by atoms with van der Waals surface area (Å²) in [5.41, 5.74) is 12.1. The van der Waals surface area contributed by atoms with Crippen molar-refractivity contribution in [2.24, 2.45) is 11.1 Å². The van der Waals surface area contributed by atoms with Gasteiger partial charge in [-0.25, -0.2) is 13.8 Å². The van der Waals surface area contributed by atoms with Gasteiger partial charge in [-0.3, -0.25) is 14.8 Å². The molecule has 3 aliphatic rings. The number of aromatic amines is 1. The maximum absolute atomic E-state index is 16.5. The molecule has 0 spiro atoms. The third-order valence-electron chi connectivity index (χ3n) is 7.55. The molecule has 5 heterocycles. The highest BCUT2D eigenvalue weighted by Crippen LogP contribution is 2.45. The van der Waals surface area contributed by atoms with Crippen LogP contribution in [0, 0.1) is 17.0 Å². The minimum atomic E-state index is -0.614. The molecule has 0 radical (unpaired) electrons. The van der Waals surface area contributed by atoms with E-state index in [1.807, 2.05) is 12.1 Å². The number of nitrogens with zero attached hydrogens (tertiary/aromatic N) is 3. The topological polar surface area (TPSA) is 144 Å². The molecule has 1 unspecified atom stereocenters. The Morgan fingerprint density at radius 1 is 1.05 bits per heavy atom. The first-order valence-electron chi connectivity index (χ1n) is 13.8. The number of pyridine rings is 2. The van der Waals surface area contributed by atoms with Crippen molar-refractivity contribution in [2.75, 3.05) is 10.6 Å². The summed E-state index contributed by atoms with van der Waals surface area (Å²) in [5, 5.41) is 9.36. The van der Waals surface area contributed by atoms with Crippen LogP contribution in [0.5, 0.6) is 0 Å². The van der Waals surface area contributed by atoms with E-state index >= 15 is 4.39 Å². The van der Waals surface area contributed by atoms with Gasteiger partial charge in [0, 0.05) is 40.6 Å². The molecule has 2 aliphatic heterocycles. The third-order valence-corrected chi connectivity index (χ3v) is 7.55. The molecule has 9 nitrogen and oxygen atoms in total. The summed E-state index contributed by atoms with van der Waals surface area (Å²) in [6.45, 7) is 5.42. The summed E-state index contributed by atoms with van der Waals surface area (Å²) < 4.78 is 30.7.